The van der Waals surface area contributed by atoms with Gasteiger partial charge in [-0.15, -0.1) is 0 Å². The van der Waals surface area contributed by atoms with E-state index in [1.165, 1.54) is 12.8 Å². The van der Waals surface area contributed by atoms with Crippen molar-refractivity contribution in [1.29, 1.82) is 0 Å². The van der Waals surface area contributed by atoms with Gasteiger partial charge in [0.05, 0.1) is 6.10 Å². The molecule has 0 aromatic rings. The Labute approximate surface area is 98.6 Å². The molecule has 1 aliphatic carbocycles. The molecular formula is C13H25NO2. The number of hydrogen-bond donors (Lipinski definition) is 2. The van der Waals surface area contributed by atoms with Crippen molar-refractivity contribution in [2.45, 2.75) is 63.6 Å². The molecule has 0 aromatic carbocycles. The summed E-state index contributed by atoms with van der Waals surface area (Å²) in [5, 5.41) is 13.6. The van der Waals surface area contributed by atoms with Gasteiger partial charge in [0.25, 0.3) is 0 Å². The molecular weight excluding hydrogens is 202 g/mol. The quantitative estimate of drug-likeness (QED) is 0.771. The molecule has 3 nitrogen and oxygen atoms in total. The lowest BCUT2D eigenvalue weighted by molar-refractivity contribution is 0.0419. The lowest BCUT2D eigenvalue weighted by atomic mass is 9.88. The fourth-order valence-corrected chi connectivity index (χ4v) is 3.00. The third-order valence-corrected chi connectivity index (χ3v) is 4.18. The molecule has 0 amide bonds. The van der Waals surface area contributed by atoms with Crippen LogP contribution >= 0.6 is 0 Å². The first-order valence-electron chi connectivity index (χ1n) is 6.79. The van der Waals surface area contributed by atoms with E-state index in [1.807, 2.05) is 0 Å². The van der Waals surface area contributed by atoms with Crippen LogP contribution in [0.1, 0.15) is 45.4 Å². The fraction of sp³-hybridized carbons (Fsp3) is 1.00. The van der Waals surface area contributed by atoms with Gasteiger partial charge in [0.1, 0.15) is 0 Å². The topological polar surface area (TPSA) is 41.5 Å². The Morgan fingerprint density at radius 2 is 1.81 bits per heavy atom. The second-order valence-electron chi connectivity index (χ2n) is 5.36. The van der Waals surface area contributed by atoms with Gasteiger partial charge in [-0.3, -0.25) is 0 Å². The van der Waals surface area contributed by atoms with Crippen molar-refractivity contribution in [2.75, 3.05) is 13.2 Å². The van der Waals surface area contributed by atoms with Gasteiger partial charge in [-0.2, -0.15) is 0 Å². The van der Waals surface area contributed by atoms with Crippen LogP contribution < -0.4 is 5.32 Å². The van der Waals surface area contributed by atoms with E-state index in [-0.39, 0.29) is 6.10 Å². The normalized spacial score (nSPS) is 34.9. The van der Waals surface area contributed by atoms with Gasteiger partial charge < -0.3 is 15.2 Å². The molecule has 2 rings (SSSR count). The fourth-order valence-electron chi connectivity index (χ4n) is 3.00. The van der Waals surface area contributed by atoms with Gasteiger partial charge in [0.15, 0.2) is 0 Å². The van der Waals surface area contributed by atoms with Gasteiger partial charge in [-0.1, -0.05) is 12.8 Å². The Balaban J connectivity index is 1.78. The molecule has 0 aromatic heterocycles. The minimum Gasteiger partial charge on any atom is -0.392 e. The summed E-state index contributed by atoms with van der Waals surface area (Å²) in [5.74, 6) is 0.725. The summed E-state index contributed by atoms with van der Waals surface area (Å²) in [7, 11) is 0. The third-order valence-electron chi connectivity index (χ3n) is 4.18. The number of aliphatic hydroxyl groups excluding tert-OH is 1. The van der Waals surface area contributed by atoms with Crippen LogP contribution in [0.2, 0.25) is 0 Å². The van der Waals surface area contributed by atoms with Gasteiger partial charge >= 0.3 is 0 Å². The molecule has 3 heteroatoms. The monoisotopic (exact) mass is 227 g/mol. The number of nitrogens with one attached hydrogen (secondary N) is 1. The van der Waals surface area contributed by atoms with Crippen LogP contribution in [0, 0.1) is 5.92 Å². The van der Waals surface area contributed by atoms with Gasteiger partial charge in [-0.25, -0.2) is 0 Å². The maximum Gasteiger partial charge on any atom is 0.0693 e. The summed E-state index contributed by atoms with van der Waals surface area (Å²) in [6, 6.07) is 0.841. The molecule has 1 unspecified atom stereocenters. The van der Waals surface area contributed by atoms with E-state index >= 15 is 0 Å². The predicted molar refractivity (Wildman–Crippen MR) is 64.4 cm³/mol. The number of aliphatic hydroxyl groups is 1. The van der Waals surface area contributed by atoms with E-state index in [0.717, 1.165) is 44.8 Å². The minimum atomic E-state index is -0.129. The summed E-state index contributed by atoms with van der Waals surface area (Å²) < 4.78 is 5.38. The van der Waals surface area contributed by atoms with Crippen LogP contribution in [-0.4, -0.2) is 36.5 Å². The van der Waals surface area contributed by atoms with Crippen LogP contribution in [0.15, 0.2) is 0 Å². The lowest BCUT2D eigenvalue weighted by Crippen LogP contribution is -2.49. The van der Waals surface area contributed by atoms with Crippen molar-refractivity contribution in [2.24, 2.45) is 5.92 Å². The molecule has 0 bridgehead atoms. The Hall–Kier alpha value is -0.120. The van der Waals surface area contributed by atoms with E-state index in [4.69, 9.17) is 4.74 Å². The van der Waals surface area contributed by atoms with E-state index in [9.17, 15) is 5.11 Å². The summed E-state index contributed by atoms with van der Waals surface area (Å²) in [6.07, 6.45) is 6.75. The van der Waals surface area contributed by atoms with Crippen LogP contribution in [0.5, 0.6) is 0 Å². The van der Waals surface area contributed by atoms with Crippen molar-refractivity contribution >= 4 is 0 Å². The van der Waals surface area contributed by atoms with Crippen LogP contribution in [-0.2, 0) is 4.74 Å². The van der Waals surface area contributed by atoms with Gasteiger partial charge in [-0.05, 0) is 38.5 Å². The zero-order valence-electron chi connectivity index (χ0n) is 10.3. The molecule has 1 saturated heterocycles. The first-order valence-corrected chi connectivity index (χ1v) is 6.79. The standard InChI is InChI=1S/C13H25NO2/c1-10(11-6-8-16-9-7-11)14-12-4-2-3-5-13(12)15/h10-15H,2-9H2,1H3/t10?,12-,13-/m1/s1. The van der Waals surface area contributed by atoms with E-state index < -0.39 is 0 Å². The highest BCUT2D eigenvalue weighted by molar-refractivity contribution is 4.85. The Morgan fingerprint density at radius 3 is 2.50 bits per heavy atom. The SMILES string of the molecule is CC(N[C@@H]1CCCC[C@H]1O)C1CCOCC1. The smallest absolute Gasteiger partial charge is 0.0693 e. The predicted octanol–water partition coefficient (Wildman–Crippen LogP) is 1.69. The molecule has 1 saturated carbocycles. The van der Waals surface area contributed by atoms with Crippen molar-refractivity contribution in [3.05, 3.63) is 0 Å². The Morgan fingerprint density at radius 1 is 1.12 bits per heavy atom. The highest BCUT2D eigenvalue weighted by atomic mass is 16.5. The van der Waals surface area contributed by atoms with E-state index in [2.05, 4.69) is 12.2 Å². The molecule has 2 N–H and O–H groups in total. The first-order chi connectivity index (χ1) is 7.77. The van der Waals surface area contributed by atoms with E-state index in [1.54, 1.807) is 0 Å². The maximum absolute atomic E-state index is 9.93. The second-order valence-corrected chi connectivity index (χ2v) is 5.36. The van der Waals surface area contributed by atoms with Crippen molar-refractivity contribution in [3.8, 4) is 0 Å². The number of ether oxygens (including phenoxy) is 1. The maximum atomic E-state index is 9.93. The Kier molecular flexibility index (Phi) is 4.62. The average Bonchev–Trinajstić information content (AvgIpc) is 2.33. The summed E-state index contributed by atoms with van der Waals surface area (Å²) in [5.41, 5.74) is 0. The lowest BCUT2D eigenvalue weighted by Gasteiger charge is -2.35. The number of rotatable bonds is 3. The molecule has 0 spiro atoms. The van der Waals surface area contributed by atoms with Crippen molar-refractivity contribution in [1.82, 2.24) is 5.32 Å². The molecule has 94 valence electrons. The largest absolute Gasteiger partial charge is 0.392 e. The average molecular weight is 227 g/mol. The molecule has 2 fully saturated rings. The molecule has 2 aliphatic rings. The Bertz CT molecular complexity index is 204. The summed E-state index contributed by atoms with van der Waals surface area (Å²) in [6.45, 7) is 4.07. The van der Waals surface area contributed by atoms with E-state index in [0.29, 0.717) is 12.1 Å². The van der Waals surface area contributed by atoms with Crippen molar-refractivity contribution < 1.29 is 9.84 Å². The van der Waals surface area contributed by atoms with Crippen LogP contribution in [0.3, 0.4) is 0 Å². The zero-order chi connectivity index (χ0) is 11.4. The first kappa shape index (κ1) is 12.3. The molecule has 1 aliphatic heterocycles. The highest BCUT2D eigenvalue weighted by Crippen LogP contribution is 2.23. The van der Waals surface area contributed by atoms with Gasteiger partial charge in [0, 0.05) is 25.3 Å². The van der Waals surface area contributed by atoms with Gasteiger partial charge in [0.2, 0.25) is 0 Å². The zero-order valence-corrected chi connectivity index (χ0v) is 10.3. The number of hydrogen-bond acceptors (Lipinski definition) is 3. The van der Waals surface area contributed by atoms with Crippen LogP contribution in [0.25, 0.3) is 0 Å². The molecule has 16 heavy (non-hydrogen) atoms. The second kappa shape index (κ2) is 5.99. The van der Waals surface area contributed by atoms with Crippen molar-refractivity contribution in [3.63, 3.8) is 0 Å². The minimum absolute atomic E-state index is 0.129. The third kappa shape index (κ3) is 3.19. The molecule has 0 radical (unpaired) electrons. The highest BCUT2D eigenvalue weighted by Gasteiger charge is 2.27. The summed E-state index contributed by atoms with van der Waals surface area (Å²) in [4.78, 5) is 0. The van der Waals surface area contributed by atoms with Crippen LogP contribution in [0.4, 0.5) is 0 Å². The molecule has 3 atom stereocenters. The summed E-state index contributed by atoms with van der Waals surface area (Å²) >= 11 is 0. The molecule has 1 heterocycles.